The number of pyridine rings is 1. The first-order valence-corrected chi connectivity index (χ1v) is 9.41. The molecule has 3 rings (SSSR count). The molecule has 0 radical (unpaired) electrons. The van der Waals surface area contributed by atoms with E-state index in [1.807, 2.05) is 67.6 Å². The van der Waals surface area contributed by atoms with Gasteiger partial charge in [0.15, 0.2) is 0 Å². The molecule has 0 saturated heterocycles. The van der Waals surface area contributed by atoms with Gasteiger partial charge in [0.2, 0.25) is 0 Å². The Labute approximate surface area is 165 Å². The van der Waals surface area contributed by atoms with Gasteiger partial charge in [-0.2, -0.15) is 0 Å². The van der Waals surface area contributed by atoms with Crippen molar-refractivity contribution in [1.82, 2.24) is 15.6 Å². The van der Waals surface area contributed by atoms with Crippen molar-refractivity contribution in [2.24, 2.45) is 0 Å². The molecule has 0 aliphatic heterocycles. The SMILES string of the molecule is COc1cccc(CC(C)NC(=O)NCCNc2ccc3ccccc3n2)c1. The number of benzene rings is 2. The minimum absolute atomic E-state index is 0.0159. The normalized spacial score (nSPS) is 11.6. The number of nitrogens with one attached hydrogen (secondary N) is 3. The van der Waals surface area contributed by atoms with E-state index in [0.29, 0.717) is 13.1 Å². The molecule has 28 heavy (non-hydrogen) atoms. The number of ether oxygens (including phenoxy) is 1. The van der Waals surface area contributed by atoms with Gasteiger partial charge < -0.3 is 20.7 Å². The largest absolute Gasteiger partial charge is 0.497 e. The number of amides is 2. The van der Waals surface area contributed by atoms with Crippen molar-refractivity contribution in [3.05, 3.63) is 66.2 Å². The van der Waals surface area contributed by atoms with Gasteiger partial charge in [-0.1, -0.05) is 30.3 Å². The van der Waals surface area contributed by atoms with E-state index in [-0.39, 0.29) is 12.1 Å². The number of rotatable bonds is 8. The topological polar surface area (TPSA) is 75.3 Å². The van der Waals surface area contributed by atoms with Gasteiger partial charge in [-0.3, -0.25) is 0 Å². The van der Waals surface area contributed by atoms with E-state index >= 15 is 0 Å². The fourth-order valence-corrected chi connectivity index (χ4v) is 3.01. The summed E-state index contributed by atoms with van der Waals surface area (Å²) in [6.07, 6.45) is 0.740. The Kier molecular flexibility index (Phi) is 6.68. The number of methoxy groups -OCH3 is 1. The molecule has 1 atom stereocenters. The van der Waals surface area contributed by atoms with Gasteiger partial charge >= 0.3 is 6.03 Å². The van der Waals surface area contributed by atoms with Crippen molar-refractivity contribution in [1.29, 1.82) is 0 Å². The highest BCUT2D eigenvalue weighted by Crippen LogP contribution is 2.15. The van der Waals surface area contributed by atoms with Crippen molar-refractivity contribution in [3.63, 3.8) is 0 Å². The molecule has 1 aromatic heterocycles. The predicted molar refractivity (Wildman–Crippen MR) is 113 cm³/mol. The van der Waals surface area contributed by atoms with Crippen LogP contribution in [-0.4, -0.2) is 37.3 Å². The Hall–Kier alpha value is -3.28. The Morgan fingerprint density at radius 3 is 2.79 bits per heavy atom. The molecule has 146 valence electrons. The summed E-state index contributed by atoms with van der Waals surface area (Å²) in [5.41, 5.74) is 2.07. The monoisotopic (exact) mass is 378 g/mol. The Morgan fingerprint density at radius 2 is 1.93 bits per heavy atom. The van der Waals surface area contributed by atoms with Gasteiger partial charge in [0.25, 0.3) is 0 Å². The fraction of sp³-hybridized carbons (Fsp3) is 0.273. The molecule has 3 N–H and O–H groups in total. The van der Waals surface area contributed by atoms with Gasteiger partial charge in [0.05, 0.1) is 12.6 Å². The molecule has 2 aromatic carbocycles. The van der Waals surface area contributed by atoms with Gasteiger partial charge in [-0.25, -0.2) is 9.78 Å². The number of urea groups is 1. The lowest BCUT2D eigenvalue weighted by atomic mass is 10.1. The zero-order valence-electron chi connectivity index (χ0n) is 16.2. The number of hydrogen-bond acceptors (Lipinski definition) is 4. The third kappa shape index (κ3) is 5.61. The van der Waals surface area contributed by atoms with E-state index in [9.17, 15) is 4.79 Å². The van der Waals surface area contributed by atoms with Crippen molar-refractivity contribution in [3.8, 4) is 5.75 Å². The summed E-state index contributed by atoms with van der Waals surface area (Å²) < 4.78 is 5.23. The van der Waals surface area contributed by atoms with Crippen LogP contribution in [0, 0.1) is 0 Å². The molecule has 3 aromatic rings. The minimum Gasteiger partial charge on any atom is -0.497 e. The van der Waals surface area contributed by atoms with Crippen LogP contribution in [0.4, 0.5) is 10.6 Å². The van der Waals surface area contributed by atoms with Crippen LogP contribution in [0.15, 0.2) is 60.7 Å². The van der Waals surface area contributed by atoms with E-state index < -0.39 is 0 Å². The van der Waals surface area contributed by atoms with Crippen LogP contribution < -0.4 is 20.7 Å². The summed E-state index contributed by atoms with van der Waals surface area (Å²) in [5.74, 6) is 1.62. The summed E-state index contributed by atoms with van der Waals surface area (Å²) in [4.78, 5) is 16.6. The van der Waals surface area contributed by atoms with Gasteiger partial charge in [-0.05, 0) is 49.2 Å². The van der Waals surface area contributed by atoms with E-state index in [1.54, 1.807) is 7.11 Å². The molecule has 1 heterocycles. The molecule has 6 heteroatoms. The molecule has 0 fully saturated rings. The molecule has 0 aliphatic rings. The van der Waals surface area contributed by atoms with Crippen LogP contribution in [0.3, 0.4) is 0 Å². The van der Waals surface area contributed by atoms with E-state index in [0.717, 1.165) is 34.5 Å². The Balaban J connectivity index is 1.38. The van der Waals surface area contributed by atoms with Crippen LogP contribution in [0.25, 0.3) is 10.9 Å². The lowest BCUT2D eigenvalue weighted by Gasteiger charge is -2.15. The Bertz CT molecular complexity index is 929. The molecule has 0 bridgehead atoms. The lowest BCUT2D eigenvalue weighted by Crippen LogP contribution is -2.43. The highest BCUT2D eigenvalue weighted by atomic mass is 16.5. The van der Waals surface area contributed by atoms with Crippen molar-refractivity contribution in [2.75, 3.05) is 25.5 Å². The number of hydrogen-bond donors (Lipinski definition) is 3. The number of carbonyl (C=O) groups is 1. The molecular formula is C22H26N4O2. The Morgan fingerprint density at radius 1 is 1.07 bits per heavy atom. The number of nitrogens with zero attached hydrogens (tertiary/aromatic N) is 1. The van der Waals surface area contributed by atoms with Gasteiger partial charge in [0, 0.05) is 24.5 Å². The average molecular weight is 378 g/mol. The lowest BCUT2D eigenvalue weighted by molar-refractivity contribution is 0.238. The molecular weight excluding hydrogens is 352 g/mol. The number of anilines is 1. The minimum atomic E-state index is -0.177. The maximum Gasteiger partial charge on any atom is 0.315 e. The molecule has 0 aliphatic carbocycles. The number of aromatic nitrogens is 1. The fourth-order valence-electron chi connectivity index (χ4n) is 3.01. The summed E-state index contributed by atoms with van der Waals surface area (Å²) in [6.45, 7) is 3.09. The zero-order valence-corrected chi connectivity index (χ0v) is 16.2. The van der Waals surface area contributed by atoms with Crippen LogP contribution in [0.1, 0.15) is 12.5 Å². The molecule has 2 amide bonds. The first kappa shape index (κ1) is 19.5. The average Bonchev–Trinajstić information content (AvgIpc) is 2.71. The standard InChI is InChI=1S/C22H26N4O2/c1-16(14-17-6-5-8-19(15-17)28-2)25-22(27)24-13-12-23-21-11-10-18-7-3-4-9-20(18)26-21/h3-11,15-16H,12-14H2,1-2H3,(H,23,26)(H2,24,25,27). The maximum absolute atomic E-state index is 12.1. The first-order valence-electron chi connectivity index (χ1n) is 9.41. The highest BCUT2D eigenvalue weighted by molar-refractivity contribution is 5.80. The summed E-state index contributed by atoms with van der Waals surface area (Å²) >= 11 is 0. The number of para-hydroxylation sites is 1. The maximum atomic E-state index is 12.1. The second kappa shape index (κ2) is 9.60. The van der Waals surface area contributed by atoms with E-state index in [1.165, 1.54) is 0 Å². The smallest absolute Gasteiger partial charge is 0.315 e. The molecule has 1 unspecified atom stereocenters. The quantitative estimate of drug-likeness (QED) is 0.524. The zero-order chi connectivity index (χ0) is 19.8. The second-order valence-electron chi connectivity index (χ2n) is 6.67. The second-order valence-corrected chi connectivity index (χ2v) is 6.67. The predicted octanol–water partition coefficient (Wildman–Crippen LogP) is 3.59. The first-order chi connectivity index (χ1) is 13.6. The van der Waals surface area contributed by atoms with Crippen LogP contribution in [0.2, 0.25) is 0 Å². The number of fused-ring (bicyclic) bond motifs is 1. The third-order valence-corrected chi connectivity index (χ3v) is 4.37. The van der Waals surface area contributed by atoms with E-state index in [2.05, 4.69) is 20.9 Å². The van der Waals surface area contributed by atoms with Crippen LogP contribution in [-0.2, 0) is 6.42 Å². The number of carbonyl (C=O) groups excluding carboxylic acids is 1. The molecule has 6 nitrogen and oxygen atoms in total. The van der Waals surface area contributed by atoms with Crippen LogP contribution in [0.5, 0.6) is 5.75 Å². The van der Waals surface area contributed by atoms with Crippen LogP contribution >= 0.6 is 0 Å². The van der Waals surface area contributed by atoms with Gasteiger partial charge in [0.1, 0.15) is 11.6 Å². The van der Waals surface area contributed by atoms with Crippen molar-refractivity contribution in [2.45, 2.75) is 19.4 Å². The van der Waals surface area contributed by atoms with E-state index in [4.69, 9.17) is 4.74 Å². The molecule has 0 spiro atoms. The molecule has 0 saturated carbocycles. The van der Waals surface area contributed by atoms with Crippen molar-refractivity contribution >= 4 is 22.8 Å². The van der Waals surface area contributed by atoms with Gasteiger partial charge in [-0.15, -0.1) is 0 Å². The highest BCUT2D eigenvalue weighted by Gasteiger charge is 2.08. The summed E-state index contributed by atoms with van der Waals surface area (Å²) in [7, 11) is 1.65. The van der Waals surface area contributed by atoms with Crippen molar-refractivity contribution < 1.29 is 9.53 Å². The third-order valence-electron chi connectivity index (χ3n) is 4.37. The summed E-state index contributed by atoms with van der Waals surface area (Å²) in [6, 6.07) is 19.7. The summed E-state index contributed by atoms with van der Waals surface area (Å²) in [5, 5.41) is 10.2.